The molecule has 6 nitrogen and oxygen atoms in total. The third-order valence-corrected chi connectivity index (χ3v) is 7.02. The first kappa shape index (κ1) is 21.8. The van der Waals surface area contributed by atoms with Crippen LogP contribution in [0.4, 0.5) is 4.79 Å². The highest BCUT2D eigenvalue weighted by molar-refractivity contribution is 5.68. The molecule has 2 aliphatic heterocycles. The molecule has 1 amide bonds. The van der Waals surface area contributed by atoms with Gasteiger partial charge in [-0.25, -0.2) is 4.79 Å². The Morgan fingerprint density at radius 2 is 1.64 bits per heavy atom. The summed E-state index contributed by atoms with van der Waals surface area (Å²) >= 11 is 0. The number of nitrogens with zero attached hydrogens (tertiary/aromatic N) is 2. The van der Waals surface area contributed by atoms with Crippen molar-refractivity contribution in [2.45, 2.75) is 108 Å². The van der Waals surface area contributed by atoms with Crippen molar-refractivity contribution < 1.29 is 9.53 Å². The molecule has 0 radical (unpaired) electrons. The summed E-state index contributed by atoms with van der Waals surface area (Å²) in [6, 6.07) is 1.45. The van der Waals surface area contributed by atoms with Gasteiger partial charge >= 0.3 is 6.09 Å². The number of likely N-dealkylation sites (tertiary alicyclic amines) is 2. The molecule has 2 saturated heterocycles. The van der Waals surface area contributed by atoms with Gasteiger partial charge in [0.2, 0.25) is 0 Å². The molecule has 0 unspecified atom stereocenters. The first-order valence-corrected chi connectivity index (χ1v) is 11.4. The highest BCUT2D eigenvalue weighted by Crippen LogP contribution is 2.32. The van der Waals surface area contributed by atoms with Gasteiger partial charge < -0.3 is 20.7 Å². The summed E-state index contributed by atoms with van der Waals surface area (Å²) in [5, 5.41) is 3.87. The molecule has 162 valence electrons. The smallest absolute Gasteiger partial charge is 0.410 e. The summed E-state index contributed by atoms with van der Waals surface area (Å²) in [5.41, 5.74) is 6.10. The summed E-state index contributed by atoms with van der Waals surface area (Å²) in [6.07, 6.45) is 9.30. The Morgan fingerprint density at radius 3 is 2.21 bits per heavy atom. The summed E-state index contributed by atoms with van der Waals surface area (Å²) in [4.78, 5) is 16.9. The molecule has 28 heavy (non-hydrogen) atoms. The van der Waals surface area contributed by atoms with Crippen molar-refractivity contribution in [3.8, 4) is 0 Å². The number of nitrogens with two attached hydrogens (primary N) is 1. The number of piperidine rings is 2. The van der Waals surface area contributed by atoms with Crippen molar-refractivity contribution in [1.29, 1.82) is 0 Å². The lowest BCUT2D eigenvalue weighted by Gasteiger charge is -2.49. The Kier molecular flexibility index (Phi) is 6.93. The Morgan fingerprint density at radius 1 is 1.04 bits per heavy atom. The molecule has 0 aromatic carbocycles. The number of rotatable bonds is 3. The van der Waals surface area contributed by atoms with Crippen LogP contribution in [0.25, 0.3) is 0 Å². The molecular weight excluding hydrogens is 352 g/mol. The van der Waals surface area contributed by atoms with Gasteiger partial charge in [0.1, 0.15) is 5.60 Å². The van der Waals surface area contributed by atoms with Gasteiger partial charge in [-0.2, -0.15) is 0 Å². The third-order valence-electron chi connectivity index (χ3n) is 7.02. The normalized spacial score (nSPS) is 30.2. The van der Waals surface area contributed by atoms with Gasteiger partial charge in [-0.05, 0) is 66.2 Å². The van der Waals surface area contributed by atoms with Crippen molar-refractivity contribution in [2.75, 3.05) is 26.2 Å². The largest absolute Gasteiger partial charge is 0.444 e. The maximum Gasteiger partial charge on any atom is 0.410 e. The van der Waals surface area contributed by atoms with Crippen LogP contribution in [0.15, 0.2) is 0 Å². The summed E-state index contributed by atoms with van der Waals surface area (Å²) in [6.45, 7) is 12.0. The number of carbonyl (C=O) groups excluding carboxylic acids is 1. The van der Waals surface area contributed by atoms with Gasteiger partial charge in [-0.15, -0.1) is 0 Å². The fourth-order valence-electron chi connectivity index (χ4n) is 5.07. The van der Waals surface area contributed by atoms with Crippen LogP contribution in [-0.4, -0.2) is 71.3 Å². The molecule has 3 rings (SSSR count). The van der Waals surface area contributed by atoms with Gasteiger partial charge in [0.25, 0.3) is 0 Å². The van der Waals surface area contributed by atoms with Crippen molar-refractivity contribution in [1.82, 2.24) is 15.1 Å². The summed E-state index contributed by atoms with van der Waals surface area (Å²) in [5.74, 6) is 0. The fourth-order valence-corrected chi connectivity index (χ4v) is 5.07. The lowest BCUT2D eigenvalue weighted by Crippen LogP contribution is -2.59. The SMILES string of the molecule is CC(C)(C)OC(=O)N1CCC(C)(N2CCC(N[C@@H]3CCCC[C@H]3N)CC2)CC1. The monoisotopic (exact) mass is 394 g/mol. The van der Waals surface area contributed by atoms with E-state index in [1.807, 2.05) is 25.7 Å². The van der Waals surface area contributed by atoms with E-state index in [4.69, 9.17) is 10.5 Å². The van der Waals surface area contributed by atoms with E-state index in [9.17, 15) is 4.79 Å². The van der Waals surface area contributed by atoms with Gasteiger partial charge in [-0.3, -0.25) is 4.90 Å². The molecule has 3 aliphatic rings. The zero-order chi connectivity index (χ0) is 20.4. The summed E-state index contributed by atoms with van der Waals surface area (Å²) in [7, 11) is 0. The van der Waals surface area contributed by atoms with E-state index in [1.165, 1.54) is 38.5 Å². The maximum absolute atomic E-state index is 12.3. The first-order chi connectivity index (χ1) is 13.2. The van der Waals surface area contributed by atoms with Crippen LogP contribution in [0.1, 0.15) is 79.1 Å². The second-order valence-electron chi connectivity index (χ2n) is 10.4. The number of nitrogens with one attached hydrogen (secondary N) is 1. The topological polar surface area (TPSA) is 70.8 Å². The van der Waals surface area contributed by atoms with E-state index in [0.29, 0.717) is 18.1 Å². The number of hydrogen-bond acceptors (Lipinski definition) is 5. The van der Waals surface area contributed by atoms with Crippen molar-refractivity contribution in [3.63, 3.8) is 0 Å². The van der Waals surface area contributed by atoms with E-state index in [0.717, 1.165) is 39.0 Å². The van der Waals surface area contributed by atoms with Gasteiger partial charge in [-0.1, -0.05) is 12.8 Å². The molecule has 0 bridgehead atoms. The minimum Gasteiger partial charge on any atom is -0.444 e. The standard InChI is InChI=1S/C22H42N4O2/c1-21(2,3)28-20(27)25-15-11-22(4,12-16-25)26-13-9-17(10-14-26)24-19-8-6-5-7-18(19)23/h17-19,24H,5-16,23H2,1-4H3/t18-,19-/m1/s1. The van der Waals surface area contributed by atoms with Crippen LogP contribution >= 0.6 is 0 Å². The van der Waals surface area contributed by atoms with Crippen molar-refractivity contribution >= 4 is 6.09 Å². The molecular formula is C22H42N4O2. The Hall–Kier alpha value is -0.850. The highest BCUT2D eigenvalue weighted by atomic mass is 16.6. The van der Waals surface area contributed by atoms with E-state index < -0.39 is 5.60 Å². The van der Waals surface area contributed by atoms with Crippen LogP contribution in [0.2, 0.25) is 0 Å². The minimum atomic E-state index is -0.423. The predicted molar refractivity (Wildman–Crippen MR) is 113 cm³/mol. The van der Waals surface area contributed by atoms with Crippen LogP contribution in [0.5, 0.6) is 0 Å². The molecule has 6 heteroatoms. The lowest BCUT2D eigenvalue weighted by atomic mass is 9.85. The predicted octanol–water partition coefficient (Wildman–Crippen LogP) is 3.10. The quantitative estimate of drug-likeness (QED) is 0.770. The zero-order valence-corrected chi connectivity index (χ0v) is 18.5. The van der Waals surface area contributed by atoms with E-state index in [1.54, 1.807) is 0 Å². The Labute approximate surface area is 171 Å². The zero-order valence-electron chi connectivity index (χ0n) is 18.5. The number of carbonyl (C=O) groups is 1. The Bertz CT molecular complexity index is 517. The lowest BCUT2D eigenvalue weighted by molar-refractivity contribution is -0.00912. The number of hydrogen-bond donors (Lipinski definition) is 2. The Balaban J connectivity index is 1.43. The molecule has 1 saturated carbocycles. The van der Waals surface area contributed by atoms with Gasteiger partial charge in [0.05, 0.1) is 0 Å². The van der Waals surface area contributed by atoms with Gasteiger partial charge in [0.15, 0.2) is 0 Å². The average molecular weight is 395 g/mol. The summed E-state index contributed by atoms with van der Waals surface area (Å²) < 4.78 is 5.54. The van der Waals surface area contributed by atoms with Crippen LogP contribution < -0.4 is 11.1 Å². The van der Waals surface area contributed by atoms with E-state index >= 15 is 0 Å². The maximum atomic E-state index is 12.3. The van der Waals surface area contributed by atoms with Crippen LogP contribution in [0.3, 0.4) is 0 Å². The molecule has 1 aliphatic carbocycles. The van der Waals surface area contributed by atoms with E-state index in [2.05, 4.69) is 17.1 Å². The molecule has 2 heterocycles. The number of ether oxygens (including phenoxy) is 1. The van der Waals surface area contributed by atoms with Gasteiger partial charge in [0, 0.05) is 49.8 Å². The minimum absolute atomic E-state index is 0.165. The molecule has 0 aromatic heterocycles. The average Bonchev–Trinajstić information content (AvgIpc) is 2.63. The fraction of sp³-hybridized carbons (Fsp3) is 0.955. The van der Waals surface area contributed by atoms with Crippen molar-refractivity contribution in [3.05, 3.63) is 0 Å². The molecule has 3 N–H and O–H groups in total. The van der Waals surface area contributed by atoms with Crippen molar-refractivity contribution in [2.24, 2.45) is 5.73 Å². The number of amides is 1. The second-order valence-corrected chi connectivity index (χ2v) is 10.4. The second kappa shape index (κ2) is 8.88. The highest BCUT2D eigenvalue weighted by Gasteiger charge is 2.39. The molecule has 2 atom stereocenters. The first-order valence-electron chi connectivity index (χ1n) is 11.4. The third kappa shape index (κ3) is 5.61. The van der Waals surface area contributed by atoms with Crippen LogP contribution in [-0.2, 0) is 4.74 Å². The van der Waals surface area contributed by atoms with E-state index in [-0.39, 0.29) is 11.6 Å². The van der Waals surface area contributed by atoms with Crippen LogP contribution in [0, 0.1) is 0 Å². The molecule has 0 spiro atoms. The molecule has 0 aromatic rings. The molecule has 3 fully saturated rings.